The van der Waals surface area contributed by atoms with Gasteiger partial charge in [-0.1, -0.05) is 19.9 Å². The maximum absolute atomic E-state index is 11.5. The van der Waals surface area contributed by atoms with Crippen LogP contribution >= 0.6 is 12.4 Å². The van der Waals surface area contributed by atoms with Crippen molar-refractivity contribution in [2.45, 2.75) is 33.6 Å². The van der Waals surface area contributed by atoms with Crippen molar-refractivity contribution in [3.05, 3.63) is 23.8 Å². The number of hydrogen-bond acceptors (Lipinski definition) is 3. The lowest BCUT2D eigenvalue weighted by Crippen LogP contribution is -2.16. The van der Waals surface area contributed by atoms with Gasteiger partial charge in [0.25, 0.3) is 0 Å². The summed E-state index contributed by atoms with van der Waals surface area (Å²) in [6, 6.07) is 5.69. The maximum atomic E-state index is 11.5. The van der Waals surface area contributed by atoms with Gasteiger partial charge in [-0.2, -0.15) is 0 Å². The van der Waals surface area contributed by atoms with E-state index in [1.54, 1.807) is 0 Å². The van der Waals surface area contributed by atoms with Gasteiger partial charge in [0, 0.05) is 24.7 Å². The Balaban J connectivity index is 0.00000361. The van der Waals surface area contributed by atoms with Crippen molar-refractivity contribution in [3.8, 4) is 5.75 Å². The predicted octanol–water partition coefficient (Wildman–Crippen LogP) is 3.13. The fraction of sp³-hybridized carbons (Fsp3) is 0.533. The topological polar surface area (TPSA) is 64.4 Å². The minimum Gasteiger partial charge on any atom is -0.493 e. The van der Waals surface area contributed by atoms with Gasteiger partial charge in [-0.3, -0.25) is 4.79 Å². The second-order valence-electron chi connectivity index (χ2n) is 5.10. The maximum Gasteiger partial charge on any atom is 0.225 e. The van der Waals surface area contributed by atoms with Gasteiger partial charge in [0.2, 0.25) is 5.91 Å². The molecular weight excluding hydrogens is 276 g/mol. The van der Waals surface area contributed by atoms with E-state index in [4.69, 9.17) is 10.5 Å². The highest BCUT2D eigenvalue weighted by Crippen LogP contribution is 2.23. The lowest BCUT2D eigenvalue weighted by atomic mass is 10.1. The number of halogens is 1. The molecule has 1 rings (SSSR count). The van der Waals surface area contributed by atoms with Crippen LogP contribution in [0.3, 0.4) is 0 Å². The van der Waals surface area contributed by atoms with Gasteiger partial charge in [0.1, 0.15) is 5.75 Å². The van der Waals surface area contributed by atoms with Gasteiger partial charge in [0.05, 0.1) is 6.61 Å². The molecule has 1 aromatic carbocycles. The molecule has 20 heavy (non-hydrogen) atoms. The van der Waals surface area contributed by atoms with E-state index in [-0.39, 0.29) is 18.3 Å². The first-order valence-electron chi connectivity index (χ1n) is 6.76. The lowest BCUT2D eigenvalue weighted by molar-refractivity contribution is -0.116. The van der Waals surface area contributed by atoms with Gasteiger partial charge in [0.15, 0.2) is 0 Å². The Kier molecular flexibility index (Phi) is 9.01. The Morgan fingerprint density at radius 3 is 2.70 bits per heavy atom. The highest BCUT2D eigenvalue weighted by Gasteiger charge is 2.05. The highest BCUT2D eigenvalue weighted by atomic mass is 35.5. The molecule has 0 bridgehead atoms. The lowest BCUT2D eigenvalue weighted by Gasteiger charge is -2.12. The first-order valence-corrected chi connectivity index (χ1v) is 6.76. The third-order valence-electron chi connectivity index (χ3n) is 2.80. The van der Waals surface area contributed by atoms with Crippen LogP contribution in [0.25, 0.3) is 0 Å². The zero-order valence-corrected chi connectivity index (χ0v) is 13.3. The molecule has 1 aromatic rings. The molecule has 0 fully saturated rings. The average Bonchev–Trinajstić information content (AvgIpc) is 2.33. The third kappa shape index (κ3) is 6.78. The summed E-state index contributed by atoms with van der Waals surface area (Å²) in [6.45, 7) is 7.38. The van der Waals surface area contributed by atoms with E-state index >= 15 is 0 Å². The standard InChI is InChI=1S/C15H24N2O2.ClH/c1-11(2)7-9-19-14-10-13(5-4-12(14)3)17-15(18)6-8-16;/h4-5,10-11H,6-9,16H2,1-3H3,(H,17,18);1H. The number of carbonyl (C=O) groups excluding carboxylic acids is 1. The second-order valence-corrected chi connectivity index (χ2v) is 5.10. The molecule has 0 atom stereocenters. The van der Waals surface area contributed by atoms with Gasteiger partial charge >= 0.3 is 0 Å². The summed E-state index contributed by atoms with van der Waals surface area (Å²) in [5, 5.41) is 2.81. The summed E-state index contributed by atoms with van der Waals surface area (Å²) in [5.41, 5.74) is 7.17. The summed E-state index contributed by atoms with van der Waals surface area (Å²) in [7, 11) is 0. The van der Waals surface area contributed by atoms with E-state index in [0.29, 0.717) is 25.5 Å². The first-order chi connectivity index (χ1) is 9.02. The van der Waals surface area contributed by atoms with Crippen LogP contribution in [0.2, 0.25) is 0 Å². The summed E-state index contributed by atoms with van der Waals surface area (Å²) < 4.78 is 5.75. The Labute approximate surface area is 127 Å². The predicted molar refractivity (Wildman–Crippen MR) is 85.7 cm³/mol. The number of ether oxygens (including phenoxy) is 1. The number of rotatable bonds is 7. The first kappa shape index (κ1) is 18.7. The summed E-state index contributed by atoms with van der Waals surface area (Å²) in [6.07, 6.45) is 1.35. The molecule has 0 saturated carbocycles. The molecule has 0 aliphatic carbocycles. The van der Waals surface area contributed by atoms with Crippen molar-refractivity contribution in [2.24, 2.45) is 11.7 Å². The highest BCUT2D eigenvalue weighted by molar-refractivity contribution is 5.91. The van der Waals surface area contributed by atoms with E-state index in [1.165, 1.54) is 0 Å². The molecule has 0 aliphatic rings. The normalized spacial score (nSPS) is 10.1. The number of anilines is 1. The number of benzene rings is 1. The van der Waals surface area contributed by atoms with Crippen molar-refractivity contribution in [1.29, 1.82) is 0 Å². The molecule has 3 N–H and O–H groups in total. The van der Waals surface area contributed by atoms with Crippen molar-refractivity contribution in [3.63, 3.8) is 0 Å². The molecule has 4 nitrogen and oxygen atoms in total. The Bertz CT molecular complexity index is 422. The van der Waals surface area contributed by atoms with Crippen LogP contribution in [0.4, 0.5) is 5.69 Å². The molecular formula is C15H25ClN2O2. The van der Waals surface area contributed by atoms with Crippen molar-refractivity contribution >= 4 is 24.0 Å². The molecule has 0 spiro atoms. The largest absolute Gasteiger partial charge is 0.493 e. The van der Waals surface area contributed by atoms with Crippen LogP contribution in [0.5, 0.6) is 5.75 Å². The Morgan fingerprint density at radius 2 is 2.10 bits per heavy atom. The van der Waals surface area contributed by atoms with E-state index in [2.05, 4.69) is 19.2 Å². The van der Waals surface area contributed by atoms with Gasteiger partial charge < -0.3 is 15.8 Å². The monoisotopic (exact) mass is 300 g/mol. The Morgan fingerprint density at radius 1 is 1.40 bits per heavy atom. The van der Waals surface area contributed by atoms with Gasteiger partial charge in [-0.05, 0) is 30.9 Å². The van der Waals surface area contributed by atoms with Crippen molar-refractivity contribution in [2.75, 3.05) is 18.5 Å². The fourth-order valence-electron chi connectivity index (χ4n) is 1.59. The van der Waals surface area contributed by atoms with Crippen LogP contribution in [0.1, 0.15) is 32.3 Å². The number of nitrogens with two attached hydrogens (primary N) is 1. The minimum absolute atomic E-state index is 0. The number of amides is 1. The van der Waals surface area contributed by atoms with Crippen LogP contribution in [0.15, 0.2) is 18.2 Å². The second kappa shape index (κ2) is 9.61. The van der Waals surface area contributed by atoms with E-state index in [1.807, 2.05) is 25.1 Å². The third-order valence-corrected chi connectivity index (χ3v) is 2.80. The summed E-state index contributed by atoms with van der Waals surface area (Å²) in [4.78, 5) is 11.5. The quantitative estimate of drug-likeness (QED) is 0.813. The smallest absolute Gasteiger partial charge is 0.225 e. The molecule has 114 valence electrons. The molecule has 5 heteroatoms. The molecule has 0 radical (unpaired) electrons. The summed E-state index contributed by atoms with van der Waals surface area (Å²) in [5.74, 6) is 1.37. The van der Waals surface area contributed by atoms with Crippen LogP contribution in [0, 0.1) is 12.8 Å². The van der Waals surface area contributed by atoms with Crippen molar-refractivity contribution < 1.29 is 9.53 Å². The number of aryl methyl sites for hydroxylation is 1. The van der Waals surface area contributed by atoms with Crippen molar-refractivity contribution in [1.82, 2.24) is 0 Å². The van der Waals surface area contributed by atoms with Crippen LogP contribution < -0.4 is 15.8 Å². The number of hydrogen-bond donors (Lipinski definition) is 2. The molecule has 0 saturated heterocycles. The zero-order chi connectivity index (χ0) is 14.3. The van der Waals surface area contributed by atoms with E-state index in [0.717, 1.165) is 23.4 Å². The molecule has 0 aromatic heterocycles. The average molecular weight is 301 g/mol. The molecule has 0 aliphatic heterocycles. The zero-order valence-electron chi connectivity index (χ0n) is 12.4. The Hall–Kier alpha value is -1.26. The van der Waals surface area contributed by atoms with E-state index in [9.17, 15) is 4.79 Å². The summed E-state index contributed by atoms with van der Waals surface area (Å²) >= 11 is 0. The van der Waals surface area contributed by atoms with Gasteiger partial charge in [-0.25, -0.2) is 0 Å². The molecule has 0 unspecified atom stereocenters. The fourth-order valence-corrected chi connectivity index (χ4v) is 1.59. The molecule has 0 heterocycles. The number of carbonyl (C=O) groups is 1. The van der Waals surface area contributed by atoms with Gasteiger partial charge in [-0.15, -0.1) is 12.4 Å². The van der Waals surface area contributed by atoms with Crippen LogP contribution in [-0.4, -0.2) is 19.1 Å². The minimum atomic E-state index is -0.0699. The van der Waals surface area contributed by atoms with E-state index < -0.39 is 0 Å². The number of nitrogens with one attached hydrogen (secondary N) is 1. The van der Waals surface area contributed by atoms with Crippen LogP contribution in [-0.2, 0) is 4.79 Å². The SMILES string of the molecule is Cc1ccc(NC(=O)CCN)cc1OCCC(C)C.Cl. The molecule has 1 amide bonds.